The summed E-state index contributed by atoms with van der Waals surface area (Å²) >= 11 is 7.48. The van der Waals surface area contributed by atoms with E-state index in [4.69, 9.17) is 16.3 Å². The number of amides is 1. The third-order valence-electron chi connectivity index (χ3n) is 5.56. The molecule has 1 amide bonds. The lowest BCUT2D eigenvalue weighted by molar-refractivity contribution is 0.103. The van der Waals surface area contributed by atoms with Crippen molar-refractivity contribution in [1.29, 1.82) is 0 Å². The molecule has 0 atom stereocenters. The fourth-order valence-corrected chi connectivity index (χ4v) is 4.70. The van der Waals surface area contributed by atoms with Crippen LogP contribution >= 0.6 is 22.9 Å². The first-order chi connectivity index (χ1) is 18.4. The third kappa shape index (κ3) is 8.90. The molecule has 0 aliphatic carbocycles. The van der Waals surface area contributed by atoms with E-state index in [-0.39, 0.29) is 5.91 Å². The molecule has 1 saturated heterocycles. The maximum atomic E-state index is 12.7. The summed E-state index contributed by atoms with van der Waals surface area (Å²) in [6, 6.07) is 7.42. The standard InChI is InChI=1S/C23H28ClN7O2S.2C2H6/c1-15-5-4-6-17(24)21(15)29-22(32)18-14-25-23(34-18)28-19-13-20(27-16(2)26-19)31-9-7-30(8-10-31)11-12-33-3;2*1-2/h4-6,13-14H,7-12H2,1-3H3,(H,29,32)(H,25,26,27,28);2*1-2H3. The van der Waals surface area contributed by atoms with Gasteiger partial charge in [-0.2, -0.15) is 0 Å². The second kappa shape index (κ2) is 16.2. The lowest BCUT2D eigenvalue weighted by atomic mass is 10.2. The maximum absolute atomic E-state index is 12.7. The minimum absolute atomic E-state index is 0.257. The van der Waals surface area contributed by atoms with Crippen LogP contribution in [0.1, 0.15) is 48.8 Å². The number of nitrogens with zero attached hydrogens (tertiary/aromatic N) is 5. The van der Waals surface area contributed by atoms with E-state index in [2.05, 4.69) is 35.4 Å². The Morgan fingerprint density at radius 2 is 1.82 bits per heavy atom. The molecule has 2 aromatic heterocycles. The number of ether oxygens (including phenoxy) is 1. The number of piperazine rings is 1. The van der Waals surface area contributed by atoms with Gasteiger partial charge in [-0.25, -0.2) is 15.0 Å². The van der Waals surface area contributed by atoms with Gasteiger partial charge in [0.2, 0.25) is 0 Å². The van der Waals surface area contributed by atoms with Crippen LogP contribution in [0, 0.1) is 13.8 Å². The monoisotopic (exact) mass is 561 g/mol. The van der Waals surface area contributed by atoms with E-state index < -0.39 is 0 Å². The van der Waals surface area contributed by atoms with Gasteiger partial charge >= 0.3 is 0 Å². The quantitative estimate of drug-likeness (QED) is 0.345. The molecule has 1 aliphatic heterocycles. The minimum atomic E-state index is -0.257. The highest BCUT2D eigenvalue weighted by Crippen LogP contribution is 2.28. The van der Waals surface area contributed by atoms with Gasteiger partial charge in [-0.05, 0) is 25.5 Å². The number of carbonyl (C=O) groups excluding carboxylic acids is 1. The lowest BCUT2D eigenvalue weighted by Gasteiger charge is -2.35. The van der Waals surface area contributed by atoms with E-state index in [9.17, 15) is 4.79 Å². The van der Waals surface area contributed by atoms with Crippen LogP contribution in [-0.2, 0) is 4.74 Å². The summed E-state index contributed by atoms with van der Waals surface area (Å²) in [6.07, 6.45) is 1.54. The van der Waals surface area contributed by atoms with Gasteiger partial charge in [-0.1, -0.05) is 62.8 Å². The summed E-state index contributed by atoms with van der Waals surface area (Å²) in [5, 5.41) is 7.17. The van der Waals surface area contributed by atoms with Crippen molar-refractivity contribution in [1.82, 2.24) is 19.9 Å². The largest absolute Gasteiger partial charge is 0.383 e. The summed E-state index contributed by atoms with van der Waals surface area (Å²) in [5.74, 6) is 1.94. The summed E-state index contributed by atoms with van der Waals surface area (Å²) in [5.41, 5.74) is 1.50. The van der Waals surface area contributed by atoms with Crippen molar-refractivity contribution in [2.45, 2.75) is 41.5 Å². The molecule has 2 N–H and O–H groups in total. The molecule has 11 heteroatoms. The first-order valence-corrected chi connectivity index (χ1v) is 14.2. The molecular weight excluding hydrogens is 522 g/mol. The maximum Gasteiger partial charge on any atom is 0.267 e. The first-order valence-electron chi connectivity index (χ1n) is 13.0. The van der Waals surface area contributed by atoms with E-state index in [0.29, 0.717) is 32.4 Å². The molecule has 9 nitrogen and oxygen atoms in total. The van der Waals surface area contributed by atoms with Crippen LogP contribution in [0.15, 0.2) is 30.5 Å². The Bertz CT molecular complexity index is 1130. The van der Waals surface area contributed by atoms with Crippen LogP contribution in [0.4, 0.5) is 22.5 Å². The van der Waals surface area contributed by atoms with Crippen LogP contribution in [-0.4, -0.2) is 72.2 Å². The highest BCUT2D eigenvalue weighted by molar-refractivity contribution is 7.17. The van der Waals surface area contributed by atoms with Crippen LogP contribution in [0.5, 0.6) is 0 Å². The number of para-hydroxylation sites is 1. The molecule has 0 bridgehead atoms. The Morgan fingerprint density at radius 3 is 2.47 bits per heavy atom. The zero-order chi connectivity index (χ0) is 28.1. The molecule has 0 unspecified atom stereocenters. The van der Waals surface area contributed by atoms with Crippen molar-refractivity contribution in [2.24, 2.45) is 0 Å². The molecule has 1 aliphatic rings. The predicted octanol–water partition coefficient (Wildman–Crippen LogP) is 6.02. The zero-order valence-electron chi connectivity index (χ0n) is 23.5. The Hall–Kier alpha value is -2.79. The van der Waals surface area contributed by atoms with E-state index in [1.165, 1.54) is 11.3 Å². The van der Waals surface area contributed by atoms with Crippen molar-refractivity contribution < 1.29 is 9.53 Å². The second-order valence-corrected chi connectivity index (χ2v) is 9.46. The highest BCUT2D eigenvalue weighted by atomic mass is 35.5. The summed E-state index contributed by atoms with van der Waals surface area (Å²) < 4.78 is 5.18. The van der Waals surface area contributed by atoms with Crippen LogP contribution < -0.4 is 15.5 Å². The Labute approximate surface area is 235 Å². The number of hydrogen-bond donors (Lipinski definition) is 2. The lowest BCUT2D eigenvalue weighted by Crippen LogP contribution is -2.47. The predicted molar refractivity (Wildman–Crippen MR) is 160 cm³/mol. The zero-order valence-corrected chi connectivity index (χ0v) is 25.0. The number of benzene rings is 1. The van der Waals surface area contributed by atoms with Gasteiger partial charge in [0.15, 0.2) is 5.13 Å². The smallest absolute Gasteiger partial charge is 0.267 e. The van der Waals surface area contributed by atoms with Crippen molar-refractivity contribution >= 4 is 51.3 Å². The van der Waals surface area contributed by atoms with Gasteiger partial charge in [-0.15, -0.1) is 0 Å². The van der Waals surface area contributed by atoms with E-state index in [1.54, 1.807) is 19.4 Å². The summed E-state index contributed by atoms with van der Waals surface area (Å²) in [7, 11) is 1.73. The number of rotatable bonds is 8. The number of aryl methyl sites for hydroxylation is 2. The number of methoxy groups -OCH3 is 1. The fraction of sp³-hybridized carbons (Fsp3) is 0.481. The molecule has 0 spiro atoms. The average molecular weight is 562 g/mol. The Morgan fingerprint density at radius 1 is 1.11 bits per heavy atom. The third-order valence-corrected chi connectivity index (χ3v) is 6.78. The van der Waals surface area contributed by atoms with Crippen LogP contribution in [0.25, 0.3) is 0 Å². The highest BCUT2D eigenvalue weighted by Gasteiger charge is 2.19. The number of nitrogens with one attached hydrogen (secondary N) is 2. The number of thiazole rings is 1. The molecule has 3 aromatic rings. The van der Waals surface area contributed by atoms with Gasteiger partial charge in [0.05, 0.1) is 23.5 Å². The molecule has 4 rings (SSSR count). The van der Waals surface area contributed by atoms with Gasteiger partial charge < -0.3 is 20.3 Å². The van der Waals surface area contributed by atoms with Gasteiger partial charge in [0.1, 0.15) is 22.3 Å². The van der Waals surface area contributed by atoms with Gasteiger partial charge in [0.25, 0.3) is 5.91 Å². The molecule has 1 fully saturated rings. The molecule has 0 saturated carbocycles. The van der Waals surface area contributed by atoms with Crippen LogP contribution in [0.2, 0.25) is 5.02 Å². The van der Waals surface area contributed by atoms with Crippen molar-refractivity contribution in [3.63, 3.8) is 0 Å². The number of halogens is 1. The molecule has 1 aromatic carbocycles. The SMILES string of the molecule is CC.CC.COCCN1CCN(c2cc(Nc3ncc(C(=O)Nc4c(C)cccc4Cl)s3)nc(C)n2)CC1. The van der Waals surface area contributed by atoms with Crippen LogP contribution in [0.3, 0.4) is 0 Å². The Balaban J connectivity index is 0.00000121. The molecule has 208 valence electrons. The van der Waals surface area contributed by atoms with E-state index in [1.807, 2.05) is 59.7 Å². The normalized spacial score (nSPS) is 13.1. The van der Waals surface area contributed by atoms with Crippen molar-refractivity contribution in [2.75, 3.05) is 62.0 Å². The van der Waals surface area contributed by atoms with E-state index >= 15 is 0 Å². The fourth-order valence-electron chi connectivity index (χ4n) is 3.71. The van der Waals surface area contributed by atoms with Crippen molar-refractivity contribution in [3.05, 3.63) is 51.7 Å². The number of anilines is 4. The Kier molecular flexibility index (Phi) is 13.4. The summed E-state index contributed by atoms with van der Waals surface area (Å²) in [6.45, 7) is 17.2. The topological polar surface area (TPSA) is 95.5 Å². The molecule has 0 radical (unpaired) electrons. The minimum Gasteiger partial charge on any atom is -0.383 e. The van der Waals surface area contributed by atoms with Crippen molar-refractivity contribution in [3.8, 4) is 0 Å². The number of carbonyl (C=O) groups is 1. The van der Waals surface area contributed by atoms with Gasteiger partial charge in [-0.3, -0.25) is 9.69 Å². The molecular formula is C27H40ClN7O2S. The molecule has 3 heterocycles. The second-order valence-electron chi connectivity index (χ2n) is 8.02. The molecule has 38 heavy (non-hydrogen) atoms. The van der Waals surface area contributed by atoms with E-state index in [0.717, 1.165) is 50.7 Å². The number of hydrogen-bond acceptors (Lipinski definition) is 9. The average Bonchev–Trinajstić information content (AvgIpc) is 3.40. The first kappa shape index (κ1) is 31.4. The van der Waals surface area contributed by atoms with Gasteiger partial charge in [0, 0.05) is 45.9 Å². The number of aromatic nitrogens is 3. The summed E-state index contributed by atoms with van der Waals surface area (Å²) in [4.78, 5) is 31.3.